The van der Waals surface area contributed by atoms with Gasteiger partial charge in [0.1, 0.15) is 35.4 Å². The summed E-state index contributed by atoms with van der Waals surface area (Å²) >= 11 is 1.40. The van der Waals surface area contributed by atoms with E-state index < -0.39 is 17.7 Å². The summed E-state index contributed by atoms with van der Waals surface area (Å²) in [5.74, 6) is -1.87. The van der Waals surface area contributed by atoms with Crippen LogP contribution in [0.4, 0.5) is 8.78 Å². The van der Waals surface area contributed by atoms with Crippen LogP contribution in [0.5, 0.6) is 5.75 Å². The number of benzene rings is 2. The lowest BCUT2D eigenvalue weighted by Crippen LogP contribution is -2.39. The molecule has 1 aliphatic rings. The number of aliphatic hydroxyl groups is 1. The van der Waals surface area contributed by atoms with Crippen molar-refractivity contribution in [3.63, 3.8) is 0 Å². The van der Waals surface area contributed by atoms with Gasteiger partial charge < -0.3 is 14.7 Å². The van der Waals surface area contributed by atoms with Crippen LogP contribution >= 0.6 is 11.3 Å². The zero-order valence-electron chi connectivity index (χ0n) is 25.4. The predicted molar refractivity (Wildman–Crippen MR) is 173 cm³/mol. The van der Waals surface area contributed by atoms with E-state index in [0.717, 1.165) is 39.7 Å². The van der Waals surface area contributed by atoms with Crippen LogP contribution in [0.3, 0.4) is 0 Å². The number of carbonyl (C=O) groups is 1. The number of aromatic nitrogens is 5. The number of amides is 1. The van der Waals surface area contributed by atoms with Crippen LogP contribution in [0.15, 0.2) is 66.7 Å². The van der Waals surface area contributed by atoms with Gasteiger partial charge in [0.05, 0.1) is 47.4 Å². The maximum Gasteiger partial charge on any atom is 0.246 e. The van der Waals surface area contributed by atoms with E-state index >= 15 is 4.39 Å². The molecule has 0 aliphatic carbocycles. The topological polar surface area (TPSA) is 98.3 Å². The Morgan fingerprint density at radius 2 is 2.02 bits per heavy atom. The van der Waals surface area contributed by atoms with Crippen molar-refractivity contribution < 1.29 is 23.4 Å². The van der Waals surface area contributed by atoms with Gasteiger partial charge in [-0.3, -0.25) is 14.2 Å². The fourth-order valence-corrected chi connectivity index (χ4v) is 7.02. The Labute approximate surface area is 267 Å². The van der Waals surface area contributed by atoms with Crippen LogP contribution in [0, 0.1) is 11.6 Å². The Bertz CT molecular complexity index is 2170. The van der Waals surface area contributed by atoms with E-state index in [-0.39, 0.29) is 29.9 Å². The third-order valence-electron chi connectivity index (χ3n) is 8.18. The number of ether oxygens (including phenoxy) is 1. The monoisotopic (exact) mass is 640 g/mol. The average molecular weight is 641 g/mol. The minimum Gasteiger partial charge on any atom is -0.490 e. The molecule has 1 amide bonds. The van der Waals surface area contributed by atoms with Crippen molar-refractivity contribution >= 4 is 38.2 Å². The molecule has 0 spiro atoms. The van der Waals surface area contributed by atoms with Gasteiger partial charge in [0, 0.05) is 52.3 Å². The maximum absolute atomic E-state index is 16.0. The maximum atomic E-state index is 16.0. The Morgan fingerprint density at radius 1 is 1.20 bits per heavy atom. The van der Waals surface area contributed by atoms with Crippen LogP contribution in [-0.2, 0) is 18.4 Å². The third-order valence-corrected chi connectivity index (χ3v) is 9.11. The molecule has 1 aliphatic heterocycles. The minimum atomic E-state index is -0.870. The molecule has 0 fully saturated rings. The van der Waals surface area contributed by atoms with E-state index in [4.69, 9.17) is 14.8 Å². The number of pyridine rings is 1. The summed E-state index contributed by atoms with van der Waals surface area (Å²) in [7, 11) is 1.87. The normalized spacial score (nSPS) is 15.3. The fraction of sp³-hybridized carbons (Fsp3) is 0.235. The molecule has 0 unspecified atom stereocenters. The molecule has 0 radical (unpaired) electrons. The van der Waals surface area contributed by atoms with Gasteiger partial charge in [0.25, 0.3) is 0 Å². The first-order chi connectivity index (χ1) is 22.1. The highest BCUT2D eigenvalue weighted by molar-refractivity contribution is 7.18. The third kappa shape index (κ3) is 5.03. The smallest absolute Gasteiger partial charge is 0.246 e. The highest BCUT2D eigenvalue weighted by atomic mass is 32.1. The van der Waals surface area contributed by atoms with E-state index in [9.17, 15) is 14.3 Å². The molecule has 1 N–H and O–H groups in total. The van der Waals surface area contributed by atoms with Crippen LogP contribution in [-0.4, -0.2) is 59.7 Å². The second-order valence-electron chi connectivity index (χ2n) is 11.5. The molecule has 12 heteroatoms. The van der Waals surface area contributed by atoms with Crippen LogP contribution in [0.2, 0.25) is 0 Å². The largest absolute Gasteiger partial charge is 0.490 e. The first kappa shape index (κ1) is 29.8. The molecule has 5 heterocycles. The molecule has 46 heavy (non-hydrogen) atoms. The quantitative estimate of drug-likeness (QED) is 0.200. The molecule has 2 aromatic carbocycles. The summed E-state index contributed by atoms with van der Waals surface area (Å²) in [4.78, 5) is 19.4. The molecular weight excluding hydrogens is 610 g/mol. The Kier molecular flexibility index (Phi) is 7.41. The number of carbonyl (C=O) groups excluding carboxylic acids is 1. The Morgan fingerprint density at radius 3 is 2.80 bits per heavy atom. The van der Waals surface area contributed by atoms with Gasteiger partial charge in [0.15, 0.2) is 0 Å². The van der Waals surface area contributed by atoms with Crippen molar-refractivity contribution in [3.8, 4) is 39.5 Å². The summed E-state index contributed by atoms with van der Waals surface area (Å²) in [6, 6.07) is 11.5. The molecule has 0 saturated heterocycles. The number of aliphatic hydroxyl groups excluding tert-OH is 1. The Hall–Kier alpha value is -4.94. The van der Waals surface area contributed by atoms with Gasteiger partial charge in [0.2, 0.25) is 5.91 Å². The van der Waals surface area contributed by atoms with E-state index in [1.807, 2.05) is 54.4 Å². The van der Waals surface area contributed by atoms with Gasteiger partial charge in [-0.15, -0.1) is 11.3 Å². The molecule has 7 rings (SSSR count). The first-order valence-electron chi connectivity index (χ1n) is 14.8. The fourth-order valence-electron chi connectivity index (χ4n) is 6.07. The molecule has 4 aromatic heterocycles. The summed E-state index contributed by atoms with van der Waals surface area (Å²) < 4.78 is 40.8. The number of fused-ring (bicyclic) bond motifs is 3. The lowest BCUT2D eigenvalue weighted by Gasteiger charge is -2.31. The van der Waals surface area contributed by atoms with Crippen LogP contribution in [0.1, 0.15) is 25.6 Å². The highest BCUT2D eigenvalue weighted by Crippen LogP contribution is 2.47. The zero-order valence-corrected chi connectivity index (χ0v) is 26.2. The number of thiophene rings is 1. The van der Waals surface area contributed by atoms with Gasteiger partial charge in [-0.2, -0.15) is 10.2 Å². The molecule has 0 bridgehead atoms. The molecular formula is C34H30F2N6O3S. The number of rotatable bonds is 7. The number of nitrogens with zero attached hydrogens (tertiary/aromatic N) is 6. The van der Waals surface area contributed by atoms with E-state index in [1.165, 1.54) is 24.3 Å². The van der Waals surface area contributed by atoms with Gasteiger partial charge in [-0.25, -0.2) is 13.8 Å². The summed E-state index contributed by atoms with van der Waals surface area (Å²) in [5.41, 5.74) is 4.46. The number of hydrogen-bond acceptors (Lipinski definition) is 7. The SMILES string of the molecule is C=CC(=O)N1Cc2cc(-c3nc(-c4ccc5cnn(C)c5c4)c4ccsc4c3-c3c(F)cc(F)cc3OC[C@@H](C)O)nn2[C@@H](C)C1. The molecule has 234 valence electrons. The Balaban J connectivity index is 1.52. The van der Waals surface area contributed by atoms with E-state index in [2.05, 4.69) is 11.7 Å². The molecule has 0 saturated carbocycles. The molecule has 9 nitrogen and oxygen atoms in total. The van der Waals surface area contributed by atoms with Gasteiger partial charge in [-0.05, 0) is 43.5 Å². The standard InChI is InChI=1S/C34H30F2N6O3S/c1-5-29(44)41-15-18(2)42-23(16-41)13-26(39-42)33-31(30-25(36)11-22(35)12-28(30)45-17-19(3)43)34-24(8-9-46-34)32(38-33)20-6-7-21-14-37-40(4)27(21)10-20/h5-14,18-19,43H,1,15-17H2,2-4H3/t18-,19+/m0/s1. The first-order valence-corrected chi connectivity index (χ1v) is 15.6. The van der Waals surface area contributed by atoms with Crippen molar-refractivity contribution in [1.29, 1.82) is 0 Å². The van der Waals surface area contributed by atoms with E-state index in [0.29, 0.717) is 40.4 Å². The molecule has 2 atom stereocenters. The van der Waals surface area contributed by atoms with Crippen LogP contribution in [0.25, 0.3) is 54.8 Å². The number of halogens is 2. The van der Waals surface area contributed by atoms with Crippen LogP contribution < -0.4 is 4.74 Å². The van der Waals surface area contributed by atoms with Crippen molar-refractivity contribution in [2.75, 3.05) is 13.2 Å². The second kappa shape index (κ2) is 11.5. The van der Waals surface area contributed by atoms with Crippen molar-refractivity contribution in [3.05, 3.63) is 84.0 Å². The van der Waals surface area contributed by atoms with Crippen molar-refractivity contribution in [2.45, 2.75) is 32.5 Å². The van der Waals surface area contributed by atoms with Gasteiger partial charge >= 0.3 is 0 Å². The lowest BCUT2D eigenvalue weighted by atomic mass is 9.96. The average Bonchev–Trinajstić information content (AvgIpc) is 3.78. The number of aryl methyl sites for hydroxylation is 1. The van der Waals surface area contributed by atoms with Crippen molar-refractivity contribution in [1.82, 2.24) is 29.4 Å². The summed E-state index contributed by atoms with van der Waals surface area (Å²) in [6.07, 6.45) is 2.22. The van der Waals surface area contributed by atoms with E-state index in [1.54, 1.807) is 15.8 Å². The summed E-state index contributed by atoms with van der Waals surface area (Å²) in [5, 5.41) is 22.9. The molecule has 6 aromatic rings. The minimum absolute atomic E-state index is 0.0214. The second-order valence-corrected chi connectivity index (χ2v) is 12.5. The summed E-state index contributed by atoms with van der Waals surface area (Å²) in [6.45, 7) is 7.72. The highest BCUT2D eigenvalue weighted by Gasteiger charge is 2.30. The predicted octanol–water partition coefficient (Wildman–Crippen LogP) is 6.51. The number of hydrogen-bond donors (Lipinski definition) is 1. The van der Waals surface area contributed by atoms with Crippen molar-refractivity contribution in [2.24, 2.45) is 7.05 Å². The van der Waals surface area contributed by atoms with Gasteiger partial charge in [-0.1, -0.05) is 18.7 Å². The lowest BCUT2D eigenvalue weighted by molar-refractivity contribution is -0.127. The zero-order chi connectivity index (χ0) is 32.3.